The highest BCUT2D eigenvalue weighted by atomic mass is 16.4. The van der Waals surface area contributed by atoms with Crippen LogP contribution in [-0.4, -0.2) is 22.3 Å². The van der Waals surface area contributed by atoms with Crippen LogP contribution in [0.5, 0.6) is 0 Å². The van der Waals surface area contributed by atoms with Crippen LogP contribution in [0.3, 0.4) is 0 Å². The predicted molar refractivity (Wildman–Crippen MR) is 54.1 cm³/mol. The van der Waals surface area contributed by atoms with Crippen LogP contribution in [0.15, 0.2) is 0 Å². The number of carboxylic acid groups (broad SMARTS) is 1. The van der Waals surface area contributed by atoms with Crippen LogP contribution in [0.4, 0.5) is 0 Å². The van der Waals surface area contributed by atoms with Gasteiger partial charge in [-0.2, -0.15) is 0 Å². The van der Waals surface area contributed by atoms with E-state index in [-0.39, 0.29) is 6.10 Å². The molecule has 0 atom stereocenters. The SMILES string of the molecule is CCCCC1(C(=O)O)CCC(O)CC1. The summed E-state index contributed by atoms with van der Waals surface area (Å²) < 4.78 is 0. The minimum atomic E-state index is -0.669. The van der Waals surface area contributed by atoms with E-state index in [1.165, 1.54) is 0 Å². The molecule has 0 amide bonds. The van der Waals surface area contributed by atoms with Gasteiger partial charge in [-0.1, -0.05) is 19.8 Å². The van der Waals surface area contributed by atoms with Gasteiger partial charge in [0.05, 0.1) is 11.5 Å². The number of rotatable bonds is 4. The summed E-state index contributed by atoms with van der Waals surface area (Å²) in [6.45, 7) is 2.08. The van der Waals surface area contributed by atoms with Crippen LogP contribution in [0.1, 0.15) is 51.9 Å². The number of hydrogen-bond acceptors (Lipinski definition) is 2. The van der Waals surface area contributed by atoms with Gasteiger partial charge in [0.1, 0.15) is 0 Å². The molecule has 0 heterocycles. The average Bonchev–Trinajstić information content (AvgIpc) is 2.17. The Bertz CT molecular complexity index is 187. The second-order valence-corrected chi connectivity index (χ2v) is 4.42. The first kappa shape index (κ1) is 11.5. The quantitative estimate of drug-likeness (QED) is 0.731. The zero-order valence-electron chi connectivity index (χ0n) is 8.83. The van der Waals surface area contributed by atoms with Gasteiger partial charge in [-0.05, 0) is 32.1 Å². The molecule has 0 aliphatic heterocycles. The number of hydrogen-bond donors (Lipinski definition) is 2. The molecule has 1 aliphatic rings. The summed E-state index contributed by atoms with van der Waals surface area (Å²) in [6, 6.07) is 0. The van der Waals surface area contributed by atoms with Crippen LogP contribution < -0.4 is 0 Å². The fourth-order valence-electron chi connectivity index (χ4n) is 2.24. The minimum absolute atomic E-state index is 0.274. The van der Waals surface area contributed by atoms with E-state index in [1.54, 1.807) is 0 Å². The van der Waals surface area contributed by atoms with Gasteiger partial charge in [-0.25, -0.2) is 0 Å². The predicted octanol–water partition coefficient (Wildman–Crippen LogP) is 2.18. The molecule has 1 rings (SSSR count). The smallest absolute Gasteiger partial charge is 0.309 e. The molecule has 0 aromatic heterocycles. The Hall–Kier alpha value is -0.570. The third-order valence-electron chi connectivity index (χ3n) is 3.37. The van der Waals surface area contributed by atoms with E-state index in [1.807, 2.05) is 0 Å². The number of carbonyl (C=O) groups is 1. The summed E-state index contributed by atoms with van der Waals surface area (Å²) in [5, 5.41) is 18.6. The Morgan fingerprint density at radius 3 is 2.43 bits per heavy atom. The highest BCUT2D eigenvalue weighted by Crippen LogP contribution is 2.40. The van der Waals surface area contributed by atoms with Crippen molar-refractivity contribution in [2.24, 2.45) is 5.41 Å². The van der Waals surface area contributed by atoms with Crippen molar-refractivity contribution in [3.63, 3.8) is 0 Å². The van der Waals surface area contributed by atoms with E-state index in [2.05, 4.69) is 6.92 Å². The molecule has 14 heavy (non-hydrogen) atoms. The van der Waals surface area contributed by atoms with Crippen LogP contribution in [0.2, 0.25) is 0 Å². The molecule has 1 saturated carbocycles. The number of unbranched alkanes of at least 4 members (excludes halogenated alkanes) is 1. The molecule has 0 aromatic rings. The standard InChI is InChI=1S/C11H20O3/c1-2-3-6-11(10(13)14)7-4-9(12)5-8-11/h9,12H,2-8H2,1H3,(H,13,14). The summed E-state index contributed by atoms with van der Waals surface area (Å²) in [7, 11) is 0. The highest BCUT2D eigenvalue weighted by Gasteiger charge is 2.40. The Morgan fingerprint density at radius 2 is 2.00 bits per heavy atom. The lowest BCUT2D eigenvalue weighted by Gasteiger charge is -2.35. The van der Waals surface area contributed by atoms with Gasteiger partial charge >= 0.3 is 5.97 Å². The highest BCUT2D eigenvalue weighted by molar-refractivity contribution is 5.74. The second-order valence-electron chi connectivity index (χ2n) is 4.42. The normalized spacial score (nSPS) is 32.9. The molecule has 1 fully saturated rings. The van der Waals surface area contributed by atoms with Crippen molar-refractivity contribution in [1.29, 1.82) is 0 Å². The molecule has 3 nitrogen and oxygen atoms in total. The molecule has 0 bridgehead atoms. The lowest BCUT2D eigenvalue weighted by atomic mass is 9.70. The largest absolute Gasteiger partial charge is 0.481 e. The molecule has 0 radical (unpaired) electrons. The van der Waals surface area contributed by atoms with Crippen molar-refractivity contribution in [2.45, 2.75) is 58.0 Å². The fourth-order valence-corrected chi connectivity index (χ4v) is 2.24. The number of aliphatic hydroxyl groups is 1. The van der Waals surface area contributed by atoms with Gasteiger partial charge in [-0.15, -0.1) is 0 Å². The molecule has 0 saturated heterocycles. The van der Waals surface area contributed by atoms with Gasteiger partial charge in [0, 0.05) is 0 Å². The first-order chi connectivity index (χ1) is 6.60. The van der Waals surface area contributed by atoms with Crippen molar-refractivity contribution in [2.75, 3.05) is 0 Å². The number of carboxylic acids is 1. The van der Waals surface area contributed by atoms with E-state index >= 15 is 0 Å². The third kappa shape index (κ3) is 2.47. The number of aliphatic carboxylic acids is 1. The van der Waals surface area contributed by atoms with Gasteiger partial charge in [-0.3, -0.25) is 4.79 Å². The average molecular weight is 200 g/mol. The van der Waals surface area contributed by atoms with Crippen LogP contribution in [-0.2, 0) is 4.79 Å². The first-order valence-electron chi connectivity index (χ1n) is 5.52. The van der Waals surface area contributed by atoms with Gasteiger partial charge in [0.15, 0.2) is 0 Å². The van der Waals surface area contributed by atoms with E-state index in [0.717, 1.165) is 19.3 Å². The molecule has 0 spiro atoms. The van der Waals surface area contributed by atoms with Crippen molar-refractivity contribution >= 4 is 5.97 Å². The summed E-state index contributed by atoms with van der Waals surface area (Å²) in [5.41, 5.74) is -0.532. The summed E-state index contributed by atoms with van der Waals surface area (Å²) in [4.78, 5) is 11.2. The van der Waals surface area contributed by atoms with E-state index < -0.39 is 11.4 Å². The van der Waals surface area contributed by atoms with Crippen molar-refractivity contribution in [3.05, 3.63) is 0 Å². The zero-order chi connectivity index (χ0) is 10.6. The molecule has 0 aromatic carbocycles. The molecule has 82 valence electrons. The van der Waals surface area contributed by atoms with Crippen LogP contribution in [0.25, 0.3) is 0 Å². The second kappa shape index (κ2) is 4.78. The Morgan fingerprint density at radius 1 is 1.43 bits per heavy atom. The summed E-state index contributed by atoms with van der Waals surface area (Å²) in [6.07, 6.45) is 5.09. The van der Waals surface area contributed by atoms with E-state index in [0.29, 0.717) is 25.7 Å². The molecule has 1 aliphatic carbocycles. The third-order valence-corrected chi connectivity index (χ3v) is 3.37. The maximum absolute atomic E-state index is 11.2. The van der Waals surface area contributed by atoms with E-state index in [4.69, 9.17) is 0 Å². The van der Waals surface area contributed by atoms with Crippen molar-refractivity contribution in [1.82, 2.24) is 0 Å². The van der Waals surface area contributed by atoms with Gasteiger partial charge in [0.2, 0.25) is 0 Å². The monoisotopic (exact) mass is 200 g/mol. The zero-order valence-corrected chi connectivity index (χ0v) is 8.83. The maximum Gasteiger partial charge on any atom is 0.309 e. The lowest BCUT2D eigenvalue weighted by Crippen LogP contribution is -2.36. The first-order valence-corrected chi connectivity index (χ1v) is 5.52. The van der Waals surface area contributed by atoms with E-state index in [9.17, 15) is 15.0 Å². The minimum Gasteiger partial charge on any atom is -0.481 e. The Kier molecular flexibility index (Phi) is 3.93. The fraction of sp³-hybridized carbons (Fsp3) is 0.909. The maximum atomic E-state index is 11.2. The Labute approximate surface area is 85.1 Å². The Balaban J connectivity index is 2.58. The molecular formula is C11H20O3. The van der Waals surface area contributed by atoms with Crippen molar-refractivity contribution < 1.29 is 15.0 Å². The van der Waals surface area contributed by atoms with Crippen LogP contribution >= 0.6 is 0 Å². The van der Waals surface area contributed by atoms with Crippen LogP contribution in [0, 0.1) is 5.41 Å². The number of aliphatic hydroxyl groups excluding tert-OH is 1. The molecule has 3 heteroatoms. The summed E-state index contributed by atoms with van der Waals surface area (Å²) >= 11 is 0. The lowest BCUT2D eigenvalue weighted by molar-refractivity contribution is -0.153. The molecule has 0 unspecified atom stereocenters. The molecular weight excluding hydrogens is 180 g/mol. The topological polar surface area (TPSA) is 57.5 Å². The van der Waals surface area contributed by atoms with Gasteiger partial charge in [0.25, 0.3) is 0 Å². The summed E-state index contributed by atoms with van der Waals surface area (Å²) in [5.74, 6) is -0.669. The van der Waals surface area contributed by atoms with Gasteiger partial charge < -0.3 is 10.2 Å². The van der Waals surface area contributed by atoms with Crippen molar-refractivity contribution in [3.8, 4) is 0 Å². The molecule has 2 N–H and O–H groups in total.